The molecular formula is C20H23BrO4S2. The summed E-state index contributed by atoms with van der Waals surface area (Å²) in [6.07, 6.45) is 2.96. The molecule has 2 aromatic carbocycles. The number of hydrogen-bond acceptors (Lipinski definition) is 4. The summed E-state index contributed by atoms with van der Waals surface area (Å²) in [5.41, 5.74) is 1.30. The Kier molecular flexibility index (Phi) is 7.30. The van der Waals surface area contributed by atoms with Gasteiger partial charge in [0.2, 0.25) is 0 Å². The van der Waals surface area contributed by atoms with Crippen LogP contribution < -0.4 is 0 Å². The second-order valence-corrected chi connectivity index (χ2v) is 10.5. The van der Waals surface area contributed by atoms with E-state index in [4.69, 9.17) is 4.55 Å². The van der Waals surface area contributed by atoms with Crippen LogP contribution in [0.2, 0.25) is 0 Å². The van der Waals surface area contributed by atoms with Crippen LogP contribution in [0, 0.1) is 5.41 Å². The maximum Gasteiger partial charge on any atom is 0.294 e. The van der Waals surface area contributed by atoms with Gasteiger partial charge in [-0.05, 0) is 48.1 Å². The van der Waals surface area contributed by atoms with E-state index in [-0.39, 0.29) is 15.5 Å². The highest BCUT2D eigenvalue weighted by Crippen LogP contribution is 2.37. The average molecular weight is 471 g/mol. The SMILES string of the molecule is CSc1ccc(CC(=O)C(C)(C)CC(Br)c2ccc(S(=O)(=O)O)cc2)cc1. The molecule has 2 aromatic rings. The number of benzene rings is 2. The Morgan fingerprint density at radius 3 is 2.15 bits per heavy atom. The molecule has 0 radical (unpaired) electrons. The molecule has 1 unspecified atom stereocenters. The average Bonchev–Trinajstić information content (AvgIpc) is 2.61. The summed E-state index contributed by atoms with van der Waals surface area (Å²) in [5, 5.41) is 0. The molecule has 1 N–H and O–H groups in total. The van der Waals surface area contributed by atoms with Crippen LogP contribution in [-0.4, -0.2) is 25.0 Å². The van der Waals surface area contributed by atoms with Crippen molar-refractivity contribution in [2.45, 2.75) is 41.3 Å². The third-order valence-corrected chi connectivity index (χ3v) is 6.97. The first-order chi connectivity index (χ1) is 12.5. The molecule has 0 bridgehead atoms. The Hall–Kier alpha value is -1.15. The molecule has 0 spiro atoms. The van der Waals surface area contributed by atoms with E-state index >= 15 is 0 Å². The number of halogens is 1. The fraction of sp³-hybridized carbons (Fsp3) is 0.350. The molecule has 0 aromatic heterocycles. The lowest BCUT2D eigenvalue weighted by molar-refractivity contribution is -0.126. The first-order valence-electron chi connectivity index (χ1n) is 8.41. The van der Waals surface area contributed by atoms with Gasteiger partial charge >= 0.3 is 0 Å². The zero-order valence-corrected chi connectivity index (χ0v) is 18.7. The molecule has 0 heterocycles. The Bertz CT molecular complexity index is 889. The van der Waals surface area contributed by atoms with Crippen molar-refractivity contribution in [3.63, 3.8) is 0 Å². The van der Waals surface area contributed by atoms with E-state index in [1.807, 2.05) is 44.4 Å². The van der Waals surface area contributed by atoms with Gasteiger partial charge in [0.05, 0.1) is 4.90 Å². The maximum atomic E-state index is 12.8. The topological polar surface area (TPSA) is 71.4 Å². The van der Waals surface area contributed by atoms with Crippen LogP contribution >= 0.6 is 27.7 Å². The van der Waals surface area contributed by atoms with Gasteiger partial charge in [-0.15, -0.1) is 11.8 Å². The standard InChI is InChI=1S/C20H23BrO4S2/c1-20(2,19(22)12-14-4-8-16(26-3)9-5-14)13-18(21)15-6-10-17(11-7-15)27(23,24)25/h4-11,18H,12-13H2,1-3H3,(H,23,24,25). The second-order valence-electron chi connectivity index (χ2n) is 7.05. The Labute approximate surface area is 173 Å². The van der Waals surface area contributed by atoms with Gasteiger partial charge in [-0.1, -0.05) is 54.0 Å². The monoisotopic (exact) mass is 470 g/mol. The van der Waals surface area contributed by atoms with Crippen molar-refractivity contribution >= 4 is 43.6 Å². The summed E-state index contributed by atoms with van der Waals surface area (Å²) >= 11 is 5.27. The van der Waals surface area contributed by atoms with Crippen molar-refractivity contribution in [3.05, 3.63) is 59.7 Å². The predicted molar refractivity (Wildman–Crippen MR) is 113 cm³/mol. The number of alkyl halides is 1. The summed E-state index contributed by atoms with van der Waals surface area (Å²) in [7, 11) is -4.20. The van der Waals surface area contributed by atoms with Gasteiger partial charge in [0, 0.05) is 21.6 Å². The second kappa shape index (κ2) is 8.90. The van der Waals surface area contributed by atoms with Gasteiger partial charge < -0.3 is 0 Å². The molecule has 27 heavy (non-hydrogen) atoms. The third kappa shape index (κ3) is 6.17. The van der Waals surface area contributed by atoms with E-state index in [2.05, 4.69) is 15.9 Å². The Balaban J connectivity index is 2.05. The fourth-order valence-corrected chi connectivity index (χ4v) is 4.70. The number of carbonyl (C=O) groups excluding carboxylic acids is 1. The van der Waals surface area contributed by atoms with Crippen LogP contribution in [0.4, 0.5) is 0 Å². The van der Waals surface area contributed by atoms with E-state index in [0.717, 1.165) is 11.1 Å². The van der Waals surface area contributed by atoms with E-state index in [1.165, 1.54) is 17.0 Å². The van der Waals surface area contributed by atoms with Crippen molar-refractivity contribution in [2.75, 3.05) is 6.26 Å². The van der Waals surface area contributed by atoms with Crippen molar-refractivity contribution in [1.29, 1.82) is 0 Å². The molecule has 146 valence electrons. The number of hydrogen-bond donors (Lipinski definition) is 1. The summed E-state index contributed by atoms with van der Waals surface area (Å²) in [6, 6.07) is 14.0. The van der Waals surface area contributed by atoms with Crippen LogP contribution in [0.25, 0.3) is 0 Å². The number of ketones is 1. The first-order valence-corrected chi connectivity index (χ1v) is 12.0. The normalized spacial score (nSPS) is 13.4. The highest BCUT2D eigenvalue weighted by atomic mass is 79.9. The van der Waals surface area contributed by atoms with Crippen LogP contribution in [-0.2, 0) is 21.3 Å². The summed E-state index contributed by atoms with van der Waals surface area (Å²) < 4.78 is 31.4. The molecule has 1 atom stereocenters. The number of thioether (sulfide) groups is 1. The largest absolute Gasteiger partial charge is 0.299 e. The van der Waals surface area contributed by atoms with E-state index in [1.54, 1.807) is 23.9 Å². The zero-order valence-electron chi connectivity index (χ0n) is 15.5. The highest BCUT2D eigenvalue weighted by Gasteiger charge is 2.30. The molecule has 0 aliphatic carbocycles. The first kappa shape index (κ1) is 22.1. The fourth-order valence-electron chi connectivity index (χ4n) is 2.70. The van der Waals surface area contributed by atoms with Gasteiger partial charge in [-0.25, -0.2) is 0 Å². The van der Waals surface area contributed by atoms with Gasteiger partial charge in [0.25, 0.3) is 10.1 Å². The minimum absolute atomic E-state index is 0.106. The number of Topliss-reactive ketones (excluding diaryl/α,β-unsaturated/α-hetero) is 1. The molecule has 0 amide bonds. The molecule has 4 nitrogen and oxygen atoms in total. The summed E-state index contributed by atoms with van der Waals surface area (Å²) in [6.45, 7) is 3.85. The summed E-state index contributed by atoms with van der Waals surface area (Å²) in [4.78, 5) is 13.7. The van der Waals surface area contributed by atoms with E-state index in [9.17, 15) is 13.2 Å². The van der Waals surface area contributed by atoms with Crippen molar-refractivity contribution < 1.29 is 17.8 Å². The molecule has 0 aliphatic heterocycles. The van der Waals surface area contributed by atoms with Crippen LogP contribution in [0.1, 0.15) is 36.2 Å². The predicted octanol–water partition coefficient (Wildman–Crippen LogP) is 5.32. The molecule has 7 heteroatoms. The number of rotatable bonds is 8. The molecule has 0 aliphatic rings. The number of carbonyl (C=O) groups is 1. The molecule has 2 rings (SSSR count). The van der Waals surface area contributed by atoms with Crippen LogP contribution in [0.3, 0.4) is 0 Å². The molecule has 0 saturated carbocycles. The lowest BCUT2D eigenvalue weighted by Gasteiger charge is -2.26. The minimum atomic E-state index is -4.20. The van der Waals surface area contributed by atoms with Crippen molar-refractivity contribution in [3.8, 4) is 0 Å². The van der Waals surface area contributed by atoms with Gasteiger partial charge in [-0.3, -0.25) is 9.35 Å². The van der Waals surface area contributed by atoms with Gasteiger partial charge in [0.1, 0.15) is 5.78 Å². The van der Waals surface area contributed by atoms with Gasteiger partial charge in [0.15, 0.2) is 0 Å². The van der Waals surface area contributed by atoms with Crippen molar-refractivity contribution in [1.82, 2.24) is 0 Å². The zero-order chi connectivity index (χ0) is 20.2. The highest BCUT2D eigenvalue weighted by molar-refractivity contribution is 9.09. The molecule has 0 fully saturated rings. The van der Waals surface area contributed by atoms with E-state index in [0.29, 0.717) is 12.8 Å². The lowest BCUT2D eigenvalue weighted by atomic mass is 9.80. The van der Waals surface area contributed by atoms with Gasteiger partial charge in [-0.2, -0.15) is 8.42 Å². The van der Waals surface area contributed by atoms with Crippen LogP contribution in [0.5, 0.6) is 0 Å². The third-order valence-electron chi connectivity index (χ3n) is 4.51. The maximum absolute atomic E-state index is 12.8. The smallest absolute Gasteiger partial charge is 0.294 e. The molecule has 0 saturated heterocycles. The quantitative estimate of drug-likeness (QED) is 0.321. The minimum Gasteiger partial charge on any atom is -0.299 e. The summed E-state index contributed by atoms with van der Waals surface area (Å²) in [5.74, 6) is 0.151. The van der Waals surface area contributed by atoms with Crippen molar-refractivity contribution in [2.24, 2.45) is 5.41 Å². The Morgan fingerprint density at radius 1 is 1.11 bits per heavy atom. The van der Waals surface area contributed by atoms with Crippen LogP contribution in [0.15, 0.2) is 58.3 Å². The molecular weight excluding hydrogens is 448 g/mol. The lowest BCUT2D eigenvalue weighted by Crippen LogP contribution is -2.27. The Morgan fingerprint density at radius 2 is 1.67 bits per heavy atom. The van der Waals surface area contributed by atoms with E-state index < -0.39 is 15.5 Å².